The Morgan fingerprint density at radius 1 is 0.903 bits per heavy atom. The predicted molar refractivity (Wildman–Crippen MR) is 119 cm³/mol. The zero-order valence-corrected chi connectivity index (χ0v) is 17.6. The number of carbonyl (C=O) groups is 2. The summed E-state index contributed by atoms with van der Waals surface area (Å²) in [6.45, 7) is 1.18. The summed E-state index contributed by atoms with van der Waals surface area (Å²) < 4.78 is 10.6. The highest BCUT2D eigenvalue weighted by Gasteiger charge is 2.22. The fraction of sp³-hybridized carbons (Fsp3) is 0.200. The molecule has 0 unspecified atom stereocenters. The minimum absolute atomic E-state index is 0.0156. The van der Waals surface area contributed by atoms with E-state index in [2.05, 4.69) is 5.32 Å². The summed E-state index contributed by atoms with van der Waals surface area (Å²) in [5, 5.41) is 2.93. The molecule has 1 aliphatic heterocycles. The molecular weight excluding hydrogens is 392 g/mol. The van der Waals surface area contributed by atoms with Gasteiger partial charge in [0, 0.05) is 24.3 Å². The minimum atomic E-state index is -0.288. The van der Waals surface area contributed by atoms with Gasteiger partial charge >= 0.3 is 0 Å². The van der Waals surface area contributed by atoms with Crippen LogP contribution in [0.5, 0.6) is 11.5 Å². The van der Waals surface area contributed by atoms with E-state index in [0.29, 0.717) is 41.4 Å². The molecule has 0 radical (unpaired) electrons. The van der Waals surface area contributed by atoms with Crippen LogP contribution >= 0.6 is 0 Å². The first-order chi connectivity index (χ1) is 15.1. The van der Waals surface area contributed by atoms with Gasteiger partial charge in [-0.1, -0.05) is 30.3 Å². The highest BCUT2D eigenvalue weighted by molar-refractivity contribution is 6.06. The molecule has 0 saturated heterocycles. The minimum Gasteiger partial charge on any atom is -0.493 e. The summed E-state index contributed by atoms with van der Waals surface area (Å²) in [7, 11) is 3.04. The van der Waals surface area contributed by atoms with Crippen molar-refractivity contribution in [3.8, 4) is 11.5 Å². The van der Waals surface area contributed by atoms with E-state index < -0.39 is 0 Å². The van der Waals surface area contributed by atoms with Crippen molar-refractivity contribution in [1.82, 2.24) is 4.90 Å². The predicted octanol–water partition coefficient (Wildman–Crippen LogP) is 4.15. The van der Waals surface area contributed by atoms with Crippen molar-refractivity contribution in [2.75, 3.05) is 26.1 Å². The Balaban J connectivity index is 1.53. The Hall–Kier alpha value is -3.80. The number of nitrogens with zero attached hydrogens (tertiary/aromatic N) is 1. The molecule has 6 nitrogen and oxygen atoms in total. The standard InChI is InChI=1S/C25H24N2O4/c1-30-22-10-6-9-21(23(22)31-2)24(28)26-20-12-11-17-13-14-27(16-19(17)15-20)25(29)18-7-4-3-5-8-18/h3-12,15H,13-14,16H2,1-2H3,(H,26,28). The molecule has 1 aliphatic rings. The van der Waals surface area contributed by atoms with Crippen molar-refractivity contribution in [3.63, 3.8) is 0 Å². The summed E-state index contributed by atoms with van der Waals surface area (Å²) in [6.07, 6.45) is 0.784. The van der Waals surface area contributed by atoms with E-state index in [4.69, 9.17) is 9.47 Å². The number of hydrogen-bond acceptors (Lipinski definition) is 4. The van der Waals surface area contributed by atoms with E-state index >= 15 is 0 Å². The summed E-state index contributed by atoms with van der Waals surface area (Å²) in [5.74, 6) is 0.612. The Labute approximate surface area is 181 Å². The molecular formula is C25H24N2O4. The van der Waals surface area contributed by atoms with Gasteiger partial charge < -0.3 is 19.7 Å². The van der Waals surface area contributed by atoms with E-state index in [0.717, 1.165) is 12.0 Å². The molecule has 6 heteroatoms. The number of rotatable bonds is 5. The Kier molecular flexibility index (Phi) is 5.89. The molecule has 0 aromatic heterocycles. The summed E-state index contributed by atoms with van der Waals surface area (Å²) >= 11 is 0. The highest BCUT2D eigenvalue weighted by atomic mass is 16.5. The maximum atomic E-state index is 12.9. The molecule has 4 rings (SSSR count). The number of nitrogens with one attached hydrogen (secondary N) is 1. The monoisotopic (exact) mass is 416 g/mol. The number of para-hydroxylation sites is 1. The molecule has 31 heavy (non-hydrogen) atoms. The van der Waals surface area contributed by atoms with Crippen LogP contribution in [0.4, 0.5) is 5.69 Å². The fourth-order valence-corrected chi connectivity index (χ4v) is 3.84. The van der Waals surface area contributed by atoms with Gasteiger partial charge in [-0.3, -0.25) is 9.59 Å². The molecule has 1 heterocycles. The molecule has 0 spiro atoms. The second kappa shape index (κ2) is 8.92. The number of hydrogen-bond donors (Lipinski definition) is 1. The summed E-state index contributed by atoms with van der Waals surface area (Å²) in [5.41, 5.74) is 3.96. The van der Waals surface area contributed by atoms with Crippen molar-refractivity contribution < 1.29 is 19.1 Å². The van der Waals surface area contributed by atoms with Crippen LogP contribution in [0.1, 0.15) is 31.8 Å². The second-order valence-electron chi connectivity index (χ2n) is 7.32. The van der Waals surface area contributed by atoms with Crippen LogP contribution in [0.25, 0.3) is 0 Å². The van der Waals surface area contributed by atoms with Gasteiger partial charge in [-0.25, -0.2) is 0 Å². The lowest BCUT2D eigenvalue weighted by molar-refractivity contribution is 0.0734. The van der Waals surface area contributed by atoms with Crippen molar-refractivity contribution in [2.45, 2.75) is 13.0 Å². The largest absolute Gasteiger partial charge is 0.493 e. The Morgan fingerprint density at radius 3 is 2.45 bits per heavy atom. The van der Waals surface area contributed by atoms with Crippen LogP contribution < -0.4 is 14.8 Å². The molecule has 3 aromatic carbocycles. The smallest absolute Gasteiger partial charge is 0.259 e. The summed E-state index contributed by atoms with van der Waals surface area (Å²) in [4.78, 5) is 27.5. The van der Waals surface area contributed by atoms with Crippen LogP contribution in [0.3, 0.4) is 0 Å². The van der Waals surface area contributed by atoms with Crippen molar-refractivity contribution in [2.24, 2.45) is 0 Å². The van der Waals surface area contributed by atoms with Crippen molar-refractivity contribution >= 4 is 17.5 Å². The number of amides is 2. The number of benzene rings is 3. The van der Waals surface area contributed by atoms with Gasteiger partial charge in [0.05, 0.1) is 19.8 Å². The van der Waals surface area contributed by atoms with E-state index in [1.54, 1.807) is 18.2 Å². The van der Waals surface area contributed by atoms with Gasteiger partial charge in [0.15, 0.2) is 11.5 Å². The first kappa shape index (κ1) is 20.5. The zero-order chi connectivity index (χ0) is 21.8. The molecule has 0 aliphatic carbocycles. The molecule has 158 valence electrons. The van der Waals surface area contributed by atoms with Gasteiger partial charge in [0.2, 0.25) is 0 Å². The average Bonchev–Trinajstić information content (AvgIpc) is 2.83. The number of carbonyl (C=O) groups excluding carboxylic acids is 2. The van der Waals surface area contributed by atoms with Gasteiger partial charge in [-0.15, -0.1) is 0 Å². The van der Waals surface area contributed by atoms with Crippen LogP contribution in [-0.2, 0) is 13.0 Å². The lowest BCUT2D eigenvalue weighted by Gasteiger charge is -2.29. The van der Waals surface area contributed by atoms with E-state index in [9.17, 15) is 9.59 Å². The first-order valence-electron chi connectivity index (χ1n) is 10.1. The van der Waals surface area contributed by atoms with Gasteiger partial charge in [-0.05, 0) is 53.9 Å². The van der Waals surface area contributed by atoms with E-state index in [-0.39, 0.29) is 11.8 Å². The third kappa shape index (κ3) is 4.23. The SMILES string of the molecule is COc1cccc(C(=O)Nc2ccc3c(c2)CN(C(=O)c2ccccc2)CC3)c1OC. The van der Waals surface area contributed by atoms with Gasteiger partial charge in [0.1, 0.15) is 0 Å². The number of anilines is 1. The maximum absolute atomic E-state index is 12.9. The van der Waals surface area contributed by atoms with Crippen LogP contribution in [0.15, 0.2) is 66.7 Å². The molecule has 2 amide bonds. The van der Waals surface area contributed by atoms with Crippen molar-refractivity contribution in [3.05, 3.63) is 89.0 Å². The number of fused-ring (bicyclic) bond motifs is 1. The molecule has 0 atom stereocenters. The Bertz CT molecular complexity index is 1110. The molecule has 1 N–H and O–H groups in total. The average molecular weight is 416 g/mol. The second-order valence-corrected chi connectivity index (χ2v) is 7.32. The fourth-order valence-electron chi connectivity index (χ4n) is 3.84. The first-order valence-corrected chi connectivity index (χ1v) is 10.1. The van der Waals surface area contributed by atoms with Crippen LogP contribution in [-0.4, -0.2) is 37.5 Å². The normalized spacial score (nSPS) is 12.6. The van der Waals surface area contributed by atoms with Crippen LogP contribution in [0, 0.1) is 0 Å². The van der Waals surface area contributed by atoms with Crippen LogP contribution in [0.2, 0.25) is 0 Å². The van der Waals surface area contributed by atoms with Gasteiger partial charge in [0.25, 0.3) is 11.8 Å². The van der Waals surface area contributed by atoms with E-state index in [1.807, 2.05) is 53.4 Å². The summed E-state index contributed by atoms with van der Waals surface area (Å²) in [6, 6.07) is 20.3. The quantitative estimate of drug-likeness (QED) is 0.678. The van der Waals surface area contributed by atoms with E-state index in [1.165, 1.54) is 19.8 Å². The third-order valence-corrected chi connectivity index (χ3v) is 5.43. The lowest BCUT2D eigenvalue weighted by atomic mass is 9.98. The molecule has 3 aromatic rings. The number of methoxy groups -OCH3 is 2. The van der Waals surface area contributed by atoms with Crippen molar-refractivity contribution in [1.29, 1.82) is 0 Å². The molecule has 0 saturated carbocycles. The topological polar surface area (TPSA) is 67.9 Å². The lowest BCUT2D eigenvalue weighted by Crippen LogP contribution is -2.36. The molecule has 0 fully saturated rings. The zero-order valence-electron chi connectivity index (χ0n) is 17.6. The maximum Gasteiger partial charge on any atom is 0.259 e. The molecule has 0 bridgehead atoms. The Morgan fingerprint density at radius 2 is 1.71 bits per heavy atom. The number of ether oxygens (including phenoxy) is 2. The highest BCUT2D eigenvalue weighted by Crippen LogP contribution is 2.31. The third-order valence-electron chi connectivity index (χ3n) is 5.43. The van der Waals surface area contributed by atoms with Gasteiger partial charge in [-0.2, -0.15) is 0 Å².